The summed E-state index contributed by atoms with van der Waals surface area (Å²) in [7, 11) is 0. The molecule has 1 N–H and O–H groups in total. The highest BCUT2D eigenvalue weighted by Crippen LogP contribution is 2.25. The van der Waals surface area contributed by atoms with E-state index in [9.17, 15) is 4.79 Å². The molecule has 0 aliphatic rings. The maximum atomic E-state index is 12.8. The summed E-state index contributed by atoms with van der Waals surface area (Å²) < 4.78 is 7.74. The van der Waals surface area contributed by atoms with Gasteiger partial charge in [0.05, 0.1) is 30.7 Å². The van der Waals surface area contributed by atoms with Gasteiger partial charge >= 0.3 is 0 Å². The van der Waals surface area contributed by atoms with Gasteiger partial charge in [0, 0.05) is 22.8 Å². The van der Waals surface area contributed by atoms with E-state index in [2.05, 4.69) is 48.0 Å². The SMILES string of the molecule is CCN(CC)Cc1ccc(NC(=O)c2cc(C)n(Cc3cc(Cl)ccc3OCC(C)C)n2)cn1. The molecule has 2 heterocycles. The maximum absolute atomic E-state index is 12.8. The number of halogens is 1. The highest BCUT2D eigenvalue weighted by atomic mass is 35.5. The minimum absolute atomic E-state index is 0.275. The summed E-state index contributed by atoms with van der Waals surface area (Å²) in [4.78, 5) is 19.6. The Morgan fingerprint density at radius 2 is 1.94 bits per heavy atom. The van der Waals surface area contributed by atoms with Crippen LogP contribution in [-0.4, -0.2) is 45.3 Å². The third kappa shape index (κ3) is 7.05. The molecule has 7 nitrogen and oxygen atoms in total. The zero-order chi connectivity index (χ0) is 24.7. The standard InChI is InChI=1S/C26H34ClN5O2/c1-6-31(7-2)16-23-10-9-22(14-28-23)29-26(33)24-12-19(5)32(30-24)15-20-13-21(27)8-11-25(20)34-17-18(3)4/h8-14,18H,6-7,15-17H2,1-5H3,(H,29,33). The van der Waals surface area contributed by atoms with Crippen LogP contribution in [0.25, 0.3) is 0 Å². The Hall–Kier alpha value is -2.90. The number of aryl methyl sites for hydroxylation is 1. The number of benzene rings is 1. The number of nitrogens with zero attached hydrogens (tertiary/aromatic N) is 4. The maximum Gasteiger partial charge on any atom is 0.276 e. The van der Waals surface area contributed by atoms with E-state index in [0.717, 1.165) is 42.3 Å². The van der Waals surface area contributed by atoms with Crippen LogP contribution in [0.2, 0.25) is 5.02 Å². The molecular formula is C26H34ClN5O2. The second kappa shape index (κ2) is 12.0. The van der Waals surface area contributed by atoms with Crippen LogP contribution in [0.1, 0.15) is 55.1 Å². The van der Waals surface area contributed by atoms with Crippen LogP contribution in [0.15, 0.2) is 42.6 Å². The van der Waals surface area contributed by atoms with Crippen molar-refractivity contribution in [3.8, 4) is 5.75 Å². The summed E-state index contributed by atoms with van der Waals surface area (Å²) >= 11 is 6.23. The van der Waals surface area contributed by atoms with E-state index in [1.165, 1.54) is 0 Å². The van der Waals surface area contributed by atoms with Crippen molar-refractivity contribution in [2.45, 2.75) is 47.7 Å². The van der Waals surface area contributed by atoms with Crippen LogP contribution in [0, 0.1) is 12.8 Å². The Morgan fingerprint density at radius 1 is 1.18 bits per heavy atom. The topological polar surface area (TPSA) is 72.3 Å². The zero-order valence-corrected chi connectivity index (χ0v) is 21.4. The number of hydrogen-bond acceptors (Lipinski definition) is 5. The molecule has 0 saturated heterocycles. The third-order valence-corrected chi connectivity index (χ3v) is 5.73. The quantitative estimate of drug-likeness (QED) is 0.394. The van der Waals surface area contributed by atoms with Gasteiger partial charge in [-0.1, -0.05) is 39.3 Å². The number of anilines is 1. The lowest BCUT2D eigenvalue weighted by molar-refractivity contribution is 0.102. The molecule has 0 radical (unpaired) electrons. The van der Waals surface area contributed by atoms with Gasteiger partial charge in [-0.05, 0) is 62.3 Å². The Bertz CT molecular complexity index is 1090. The molecule has 0 fully saturated rings. The fourth-order valence-electron chi connectivity index (χ4n) is 3.47. The number of rotatable bonds is 11. The number of amides is 1. The summed E-state index contributed by atoms with van der Waals surface area (Å²) in [6.45, 7) is 14.2. The smallest absolute Gasteiger partial charge is 0.276 e. The predicted molar refractivity (Wildman–Crippen MR) is 137 cm³/mol. The molecule has 34 heavy (non-hydrogen) atoms. The van der Waals surface area contributed by atoms with Crippen molar-refractivity contribution in [3.05, 3.63) is 70.3 Å². The zero-order valence-electron chi connectivity index (χ0n) is 20.6. The fourth-order valence-corrected chi connectivity index (χ4v) is 3.67. The van der Waals surface area contributed by atoms with E-state index in [1.807, 2.05) is 37.3 Å². The van der Waals surface area contributed by atoms with Crippen LogP contribution in [0.3, 0.4) is 0 Å². The number of ether oxygens (including phenoxy) is 1. The van der Waals surface area contributed by atoms with Gasteiger partial charge in [0.15, 0.2) is 5.69 Å². The van der Waals surface area contributed by atoms with Crippen molar-refractivity contribution >= 4 is 23.2 Å². The molecule has 0 unspecified atom stereocenters. The van der Waals surface area contributed by atoms with Gasteiger partial charge in [-0.25, -0.2) is 0 Å². The Balaban J connectivity index is 1.69. The van der Waals surface area contributed by atoms with Crippen molar-refractivity contribution in [2.75, 3.05) is 25.0 Å². The Kier molecular flexibility index (Phi) is 9.07. The molecule has 3 aromatic rings. The van der Waals surface area contributed by atoms with Crippen LogP contribution < -0.4 is 10.1 Å². The third-order valence-electron chi connectivity index (χ3n) is 5.49. The second-order valence-corrected chi connectivity index (χ2v) is 9.18. The van der Waals surface area contributed by atoms with Crippen LogP contribution in [-0.2, 0) is 13.1 Å². The normalized spacial score (nSPS) is 11.3. The summed E-state index contributed by atoms with van der Waals surface area (Å²) in [5, 5.41) is 8.04. The fraction of sp³-hybridized carbons (Fsp3) is 0.423. The Morgan fingerprint density at radius 3 is 2.59 bits per heavy atom. The molecule has 0 spiro atoms. The number of carbonyl (C=O) groups is 1. The van der Waals surface area contributed by atoms with Gasteiger partial charge in [-0.2, -0.15) is 5.10 Å². The van der Waals surface area contributed by atoms with Crippen LogP contribution in [0.5, 0.6) is 5.75 Å². The van der Waals surface area contributed by atoms with E-state index in [-0.39, 0.29) is 5.91 Å². The average molecular weight is 484 g/mol. The molecule has 0 aliphatic heterocycles. The number of pyridine rings is 1. The van der Waals surface area contributed by atoms with Crippen molar-refractivity contribution < 1.29 is 9.53 Å². The lowest BCUT2D eigenvalue weighted by atomic mass is 10.2. The van der Waals surface area contributed by atoms with Gasteiger partial charge in [0.25, 0.3) is 5.91 Å². The minimum Gasteiger partial charge on any atom is -0.493 e. The number of aromatic nitrogens is 3. The monoisotopic (exact) mass is 483 g/mol. The number of nitrogens with one attached hydrogen (secondary N) is 1. The highest BCUT2D eigenvalue weighted by molar-refractivity contribution is 6.30. The first-order valence-electron chi connectivity index (χ1n) is 11.7. The van der Waals surface area contributed by atoms with Gasteiger partial charge in [-0.3, -0.25) is 19.4 Å². The van der Waals surface area contributed by atoms with E-state index in [1.54, 1.807) is 16.9 Å². The molecule has 1 amide bonds. The molecule has 0 saturated carbocycles. The molecule has 1 aromatic carbocycles. The largest absolute Gasteiger partial charge is 0.493 e. The molecular weight excluding hydrogens is 450 g/mol. The molecule has 3 rings (SSSR count). The van der Waals surface area contributed by atoms with E-state index < -0.39 is 0 Å². The van der Waals surface area contributed by atoms with Crippen molar-refractivity contribution in [3.63, 3.8) is 0 Å². The molecule has 0 bridgehead atoms. The lowest BCUT2D eigenvalue weighted by Gasteiger charge is -2.17. The molecule has 2 aromatic heterocycles. The van der Waals surface area contributed by atoms with E-state index in [0.29, 0.717) is 35.5 Å². The van der Waals surface area contributed by atoms with Crippen molar-refractivity contribution in [2.24, 2.45) is 5.92 Å². The predicted octanol–water partition coefficient (Wildman–Crippen LogP) is 5.42. The van der Waals surface area contributed by atoms with Gasteiger partial charge < -0.3 is 10.1 Å². The lowest BCUT2D eigenvalue weighted by Crippen LogP contribution is -2.22. The first-order valence-corrected chi connectivity index (χ1v) is 12.1. The van der Waals surface area contributed by atoms with E-state index >= 15 is 0 Å². The van der Waals surface area contributed by atoms with Crippen LogP contribution >= 0.6 is 11.6 Å². The van der Waals surface area contributed by atoms with Crippen LogP contribution in [0.4, 0.5) is 5.69 Å². The minimum atomic E-state index is -0.275. The summed E-state index contributed by atoms with van der Waals surface area (Å²) in [5.74, 6) is 0.906. The summed E-state index contributed by atoms with van der Waals surface area (Å²) in [6.07, 6.45) is 1.69. The molecule has 0 atom stereocenters. The summed E-state index contributed by atoms with van der Waals surface area (Å²) in [5.41, 5.74) is 3.74. The van der Waals surface area contributed by atoms with E-state index in [4.69, 9.17) is 16.3 Å². The van der Waals surface area contributed by atoms with Crippen molar-refractivity contribution in [1.29, 1.82) is 0 Å². The highest BCUT2D eigenvalue weighted by Gasteiger charge is 2.15. The average Bonchev–Trinajstić information content (AvgIpc) is 3.18. The Labute approximate surface area is 207 Å². The first kappa shape index (κ1) is 25.7. The van der Waals surface area contributed by atoms with Gasteiger partial charge in [0.1, 0.15) is 5.75 Å². The first-order chi connectivity index (χ1) is 16.3. The van der Waals surface area contributed by atoms with Crippen molar-refractivity contribution in [1.82, 2.24) is 19.7 Å². The second-order valence-electron chi connectivity index (χ2n) is 8.74. The summed E-state index contributed by atoms with van der Waals surface area (Å²) in [6, 6.07) is 11.2. The van der Waals surface area contributed by atoms with Gasteiger partial charge in [0.2, 0.25) is 0 Å². The van der Waals surface area contributed by atoms with Gasteiger partial charge in [-0.15, -0.1) is 0 Å². The number of carbonyl (C=O) groups excluding carboxylic acids is 1. The number of hydrogen-bond donors (Lipinski definition) is 1. The molecule has 8 heteroatoms. The molecule has 0 aliphatic carbocycles. The molecule has 182 valence electrons.